The minimum absolute atomic E-state index is 0.0339. The highest BCUT2D eigenvalue weighted by atomic mass is 19.2. The summed E-state index contributed by atoms with van der Waals surface area (Å²) in [7, 11) is 1.51. The zero-order valence-electron chi connectivity index (χ0n) is 18.1. The highest BCUT2D eigenvalue weighted by Crippen LogP contribution is 2.40. The smallest absolute Gasteiger partial charge is 0.407 e. The molecule has 0 spiro atoms. The summed E-state index contributed by atoms with van der Waals surface area (Å²) in [5.41, 5.74) is 6.38. The molecule has 2 saturated heterocycles. The van der Waals surface area contributed by atoms with Crippen molar-refractivity contribution in [1.29, 1.82) is 0 Å². The van der Waals surface area contributed by atoms with Crippen molar-refractivity contribution in [2.45, 2.75) is 56.7 Å². The number of piperidine rings is 1. The molecule has 2 heterocycles. The van der Waals surface area contributed by atoms with Crippen LogP contribution in [0.2, 0.25) is 0 Å². The summed E-state index contributed by atoms with van der Waals surface area (Å²) in [4.78, 5) is 26.2. The predicted octanol–water partition coefficient (Wildman–Crippen LogP) is 2.51. The van der Waals surface area contributed by atoms with Crippen LogP contribution >= 0.6 is 0 Å². The van der Waals surface area contributed by atoms with Gasteiger partial charge in [-0.1, -0.05) is 0 Å². The molecule has 3 N–H and O–H groups in total. The number of carbonyl (C=O) groups excluding carboxylic acids is 2. The first kappa shape index (κ1) is 24.3. The van der Waals surface area contributed by atoms with Gasteiger partial charge in [0.15, 0.2) is 11.6 Å². The molecule has 2 unspecified atom stereocenters. The fourth-order valence-electron chi connectivity index (χ4n) is 4.79. The van der Waals surface area contributed by atoms with Gasteiger partial charge < -0.3 is 25.4 Å². The number of alkyl carbamates (subject to hydrolysis) is 1. The van der Waals surface area contributed by atoms with Crippen LogP contribution in [0.3, 0.4) is 0 Å². The van der Waals surface area contributed by atoms with E-state index in [-0.39, 0.29) is 55.5 Å². The quantitative estimate of drug-likeness (QED) is 0.439. The Kier molecular flexibility index (Phi) is 8.36. The summed E-state index contributed by atoms with van der Waals surface area (Å²) >= 11 is 0. The third kappa shape index (κ3) is 5.92. The minimum atomic E-state index is -1.22. The number of nitrogens with zero attached hydrogens (tertiary/aromatic N) is 1. The lowest BCUT2D eigenvalue weighted by Crippen LogP contribution is -2.50. The van der Waals surface area contributed by atoms with Gasteiger partial charge in [-0.2, -0.15) is 0 Å². The summed E-state index contributed by atoms with van der Waals surface area (Å²) in [6.45, 7) is 0.622. The molecule has 7 nitrogen and oxygen atoms in total. The summed E-state index contributed by atoms with van der Waals surface area (Å²) in [5.74, 6) is -3.10. The number of halogens is 3. The van der Waals surface area contributed by atoms with Crippen molar-refractivity contribution < 1.29 is 32.2 Å². The molecule has 3 rings (SSSR count). The van der Waals surface area contributed by atoms with E-state index in [0.717, 1.165) is 18.9 Å². The number of carbonyl (C=O) groups is 2. The van der Waals surface area contributed by atoms with Gasteiger partial charge in [0, 0.05) is 44.3 Å². The molecule has 2 fully saturated rings. The van der Waals surface area contributed by atoms with E-state index in [2.05, 4.69) is 5.32 Å². The number of hydrogen-bond donors (Lipinski definition) is 2. The van der Waals surface area contributed by atoms with Gasteiger partial charge >= 0.3 is 6.09 Å². The largest absolute Gasteiger partial charge is 0.447 e. The molecule has 2 bridgehead atoms. The molecule has 0 aromatic heterocycles. The summed E-state index contributed by atoms with van der Waals surface area (Å²) in [6.07, 6.45) is 2.78. The average molecular weight is 457 g/mol. The number of benzene rings is 1. The topological polar surface area (TPSA) is 93.9 Å². The Labute approximate surface area is 185 Å². The van der Waals surface area contributed by atoms with Crippen LogP contribution in [0.4, 0.5) is 18.0 Å². The Morgan fingerprint density at radius 1 is 1.12 bits per heavy atom. The van der Waals surface area contributed by atoms with Gasteiger partial charge in [-0.15, -0.1) is 0 Å². The molecule has 1 aromatic carbocycles. The lowest BCUT2D eigenvalue weighted by atomic mass is 9.82. The lowest BCUT2D eigenvalue weighted by Gasteiger charge is -2.41. The molecular formula is C22H30F3N3O4. The molecule has 2 aliphatic rings. The highest BCUT2D eigenvalue weighted by Gasteiger charge is 2.44. The van der Waals surface area contributed by atoms with Crippen LogP contribution in [0.1, 0.15) is 37.7 Å². The van der Waals surface area contributed by atoms with E-state index >= 15 is 0 Å². The Hall–Kier alpha value is -2.33. The summed E-state index contributed by atoms with van der Waals surface area (Å²) < 4.78 is 50.3. The zero-order valence-corrected chi connectivity index (χ0v) is 18.1. The number of nitrogens with two attached hydrogens (primary N) is 1. The first-order chi connectivity index (χ1) is 15.3. The van der Waals surface area contributed by atoms with Gasteiger partial charge in [-0.25, -0.2) is 18.0 Å². The van der Waals surface area contributed by atoms with Crippen LogP contribution in [0, 0.1) is 23.4 Å². The number of amides is 2. The van der Waals surface area contributed by atoms with Gasteiger partial charge in [-0.05, 0) is 49.7 Å². The van der Waals surface area contributed by atoms with Crippen LogP contribution in [0.25, 0.3) is 0 Å². The van der Waals surface area contributed by atoms with Crippen molar-refractivity contribution in [3.05, 3.63) is 35.1 Å². The van der Waals surface area contributed by atoms with Crippen LogP contribution < -0.4 is 11.1 Å². The van der Waals surface area contributed by atoms with Gasteiger partial charge in [0.1, 0.15) is 12.4 Å². The Morgan fingerprint density at radius 3 is 2.44 bits per heavy atom. The predicted molar refractivity (Wildman–Crippen MR) is 110 cm³/mol. The summed E-state index contributed by atoms with van der Waals surface area (Å²) in [5, 5.41) is 2.55. The normalized spacial score (nSPS) is 23.2. The first-order valence-corrected chi connectivity index (χ1v) is 10.9. The molecule has 0 aliphatic carbocycles. The SMILES string of the molecule is COCCOC(=O)NCCC(=O)N1[C@@H]2CC[C@H]1CC(C(N)Cc1cc(F)c(F)cc1F)C2. The Balaban J connectivity index is 1.49. The monoisotopic (exact) mass is 457 g/mol. The maximum absolute atomic E-state index is 14.0. The van der Waals surface area contributed by atoms with Gasteiger partial charge in [0.2, 0.25) is 5.91 Å². The zero-order chi connectivity index (χ0) is 23.3. The number of ether oxygens (including phenoxy) is 2. The lowest BCUT2D eigenvalue weighted by molar-refractivity contribution is -0.136. The second-order valence-corrected chi connectivity index (χ2v) is 8.45. The van der Waals surface area contributed by atoms with E-state index in [1.807, 2.05) is 4.90 Å². The van der Waals surface area contributed by atoms with E-state index in [9.17, 15) is 22.8 Å². The fraction of sp³-hybridized carbons (Fsp3) is 0.636. The Bertz CT molecular complexity index is 812. The maximum Gasteiger partial charge on any atom is 0.407 e. The number of nitrogens with one attached hydrogen (secondary N) is 1. The molecule has 0 saturated carbocycles. The number of rotatable bonds is 9. The fourth-order valence-corrected chi connectivity index (χ4v) is 4.79. The molecule has 2 aliphatic heterocycles. The molecule has 1 aromatic rings. The van der Waals surface area contributed by atoms with Crippen LogP contribution in [-0.2, 0) is 20.7 Å². The molecule has 178 valence electrons. The molecule has 32 heavy (non-hydrogen) atoms. The van der Waals surface area contributed by atoms with E-state index < -0.39 is 29.6 Å². The van der Waals surface area contributed by atoms with Crippen molar-refractivity contribution in [3.8, 4) is 0 Å². The molecular weight excluding hydrogens is 427 g/mol. The second kappa shape index (κ2) is 11.0. The maximum atomic E-state index is 14.0. The molecule has 10 heteroatoms. The number of fused-ring (bicyclic) bond motifs is 2. The molecule has 2 amide bonds. The van der Waals surface area contributed by atoms with Crippen molar-refractivity contribution in [2.75, 3.05) is 26.9 Å². The third-order valence-corrected chi connectivity index (χ3v) is 6.34. The number of hydrogen-bond acceptors (Lipinski definition) is 5. The van der Waals surface area contributed by atoms with Crippen LogP contribution in [-0.4, -0.2) is 61.9 Å². The standard InChI is InChI=1S/C22H30F3N3O4/c1-31-6-7-32-22(30)27-5-4-21(29)28-15-2-3-16(28)9-14(8-15)20(26)11-13-10-18(24)19(25)12-17(13)23/h10,12,14-16,20H,2-9,11,26H2,1H3,(H,27,30)/t14?,15-,16+,20?. The van der Waals surface area contributed by atoms with E-state index in [1.54, 1.807) is 0 Å². The molecule has 0 radical (unpaired) electrons. The third-order valence-electron chi connectivity index (χ3n) is 6.34. The highest BCUT2D eigenvalue weighted by molar-refractivity contribution is 5.78. The van der Waals surface area contributed by atoms with Crippen molar-refractivity contribution in [1.82, 2.24) is 10.2 Å². The van der Waals surface area contributed by atoms with Crippen molar-refractivity contribution >= 4 is 12.0 Å². The van der Waals surface area contributed by atoms with Gasteiger partial charge in [-0.3, -0.25) is 4.79 Å². The van der Waals surface area contributed by atoms with Crippen molar-refractivity contribution in [2.24, 2.45) is 11.7 Å². The van der Waals surface area contributed by atoms with E-state index in [4.69, 9.17) is 15.2 Å². The Morgan fingerprint density at radius 2 is 1.78 bits per heavy atom. The van der Waals surface area contributed by atoms with E-state index in [1.165, 1.54) is 7.11 Å². The summed E-state index contributed by atoms with van der Waals surface area (Å²) in [6, 6.07) is 1.08. The second-order valence-electron chi connectivity index (χ2n) is 8.45. The van der Waals surface area contributed by atoms with Gasteiger partial charge in [0.05, 0.1) is 6.61 Å². The molecule has 4 atom stereocenters. The first-order valence-electron chi connectivity index (χ1n) is 10.9. The minimum Gasteiger partial charge on any atom is -0.447 e. The van der Waals surface area contributed by atoms with Crippen LogP contribution in [0.15, 0.2) is 12.1 Å². The number of methoxy groups -OCH3 is 1. The van der Waals surface area contributed by atoms with Gasteiger partial charge in [0.25, 0.3) is 0 Å². The van der Waals surface area contributed by atoms with E-state index in [0.29, 0.717) is 25.5 Å². The van der Waals surface area contributed by atoms with Crippen molar-refractivity contribution in [3.63, 3.8) is 0 Å². The average Bonchev–Trinajstić information content (AvgIpc) is 3.01. The van der Waals surface area contributed by atoms with Crippen LogP contribution in [0.5, 0.6) is 0 Å².